The largest absolute Gasteiger partial charge is 0.481 e. The number of carbonyl (C=O) groups excluding carboxylic acids is 1. The SMILES string of the molecule is CC(CN(C)c1c(C(N)=O)cnc2ccccc12)C(=O)O. The maximum Gasteiger partial charge on any atom is 0.308 e. The zero-order chi connectivity index (χ0) is 15.6. The Hall–Kier alpha value is -2.63. The van der Waals surface area contributed by atoms with Crippen LogP contribution in [0.1, 0.15) is 17.3 Å². The van der Waals surface area contributed by atoms with Gasteiger partial charge in [-0.15, -0.1) is 0 Å². The Labute approximate surface area is 122 Å². The average Bonchev–Trinajstić information content (AvgIpc) is 2.45. The molecular weight excluding hydrogens is 270 g/mol. The number of pyridine rings is 1. The van der Waals surface area contributed by atoms with E-state index >= 15 is 0 Å². The number of aliphatic carboxylic acids is 1. The number of carbonyl (C=O) groups is 2. The highest BCUT2D eigenvalue weighted by Crippen LogP contribution is 2.29. The number of benzene rings is 1. The van der Waals surface area contributed by atoms with E-state index in [0.29, 0.717) is 5.69 Å². The van der Waals surface area contributed by atoms with Crippen LogP contribution in [0.2, 0.25) is 0 Å². The smallest absolute Gasteiger partial charge is 0.308 e. The summed E-state index contributed by atoms with van der Waals surface area (Å²) in [6, 6.07) is 7.36. The average molecular weight is 287 g/mol. The van der Waals surface area contributed by atoms with E-state index in [-0.39, 0.29) is 12.1 Å². The summed E-state index contributed by atoms with van der Waals surface area (Å²) in [4.78, 5) is 28.6. The second-order valence-corrected chi connectivity index (χ2v) is 5.02. The topological polar surface area (TPSA) is 96.5 Å². The molecule has 0 aliphatic rings. The van der Waals surface area contributed by atoms with Crippen LogP contribution in [0.3, 0.4) is 0 Å². The Kier molecular flexibility index (Phi) is 4.07. The van der Waals surface area contributed by atoms with E-state index in [4.69, 9.17) is 10.8 Å². The van der Waals surface area contributed by atoms with Gasteiger partial charge < -0.3 is 15.7 Å². The zero-order valence-corrected chi connectivity index (χ0v) is 11.9. The van der Waals surface area contributed by atoms with E-state index in [2.05, 4.69) is 4.98 Å². The zero-order valence-electron chi connectivity index (χ0n) is 11.9. The van der Waals surface area contributed by atoms with Crippen LogP contribution in [0, 0.1) is 5.92 Å². The number of primary amides is 1. The van der Waals surface area contributed by atoms with Gasteiger partial charge >= 0.3 is 5.97 Å². The molecule has 0 saturated heterocycles. The molecule has 6 heteroatoms. The number of anilines is 1. The number of hydrogen-bond acceptors (Lipinski definition) is 4. The maximum atomic E-state index is 11.6. The van der Waals surface area contributed by atoms with Crippen LogP contribution < -0.4 is 10.6 Å². The molecule has 1 aromatic heterocycles. The van der Waals surface area contributed by atoms with E-state index in [1.807, 2.05) is 24.3 Å². The van der Waals surface area contributed by atoms with Crippen molar-refractivity contribution in [1.29, 1.82) is 0 Å². The minimum atomic E-state index is -0.888. The molecule has 0 radical (unpaired) electrons. The van der Waals surface area contributed by atoms with Crippen LogP contribution in [0.4, 0.5) is 5.69 Å². The number of hydrogen-bond donors (Lipinski definition) is 2. The van der Waals surface area contributed by atoms with E-state index in [0.717, 1.165) is 10.9 Å². The number of aromatic nitrogens is 1. The highest BCUT2D eigenvalue weighted by atomic mass is 16.4. The minimum Gasteiger partial charge on any atom is -0.481 e. The number of carboxylic acids is 1. The van der Waals surface area contributed by atoms with Gasteiger partial charge in [0.05, 0.1) is 22.7 Å². The summed E-state index contributed by atoms with van der Waals surface area (Å²) in [5.74, 6) is -2.04. The van der Waals surface area contributed by atoms with Gasteiger partial charge in [0.25, 0.3) is 5.91 Å². The molecule has 0 aliphatic carbocycles. The first-order chi connectivity index (χ1) is 9.91. The lowest BCUT2D eigenvalue weighted by molar-refractivity contribution is -0.140. The van der Waals surface area contributed by atoms with Crippen molar-refractivity contribution in [2.75, 3.05) is 18.5 Å². The molecule has 2 rings (SSSR count). The number of carboxylic acid groups (broad SMARTS) is 1. The van der Waals surface area contributed by atoms with Gasteiger partial charge in [-0.2, -0.15) is 0 Å². The van der Waals surface area contributed by atoms with Crippen molar-refractivity contribution in [1.82, 2.24) is 4.98 Å². The molecule has 1 aromatic carbocycles. The minimum absolute atomic E-state index is 0.267. The third-order valence-corrected chi connectivity index (χ3v) is 3.36. The maximum absolute atomic E-state index is 11.6. The number of nitrogens with zero attached hydrogens (tertiary/aromatic N) is 2. The molecule has 1 atom stereocenters. The summed E-state index contributed by atoms with van der Waals surface area (Å²) >= 11 is 0. The third kappa shape index (κ3) is 2.94. The van der Waals surface area contributed by atoms with Crippen molar-refractivity contribution in [2.24, 2.45) is 11.7 Å². The van der Waals surface area contributed by atoms with E-state index < -0.39 is 17.8 Å². The van der Waals surface area contributed by atoms with E-state index in [1.165, 1.54) is 6.20 Å². The summed E-state index contributed by atoms with van der Waals surface area (Å²) in [6.45, 7) is 1.88. The van der Waals surface area contributed by atoms with Crippen molar-refractivity contribution in [2.45, 2.75) is 6.92 Å². The predicted octanol–water partition coefficient (Wildman–Crippen LogP) is 1.49. The van der Waals surface area contributed by atoms with Crippen LogP contribution in [0.5, 0.6) is 0 Å². The molecule has 110 valence electrons. The van der Waals surface area contributed by atoms with Crippen LogP contribution in [-0.2, 0) is 4.79 Å². The normalized spacial score (nSPS) is 12.1. The molecule has 0 bridgehead atoms. The van der Waals surface area contributed by atoms with Gasteiger partial charge in [0, 0.05) is 25.2 Å². The second-order valence-electron chi connectivity index (χ2n) is 5.02. The molecule has 1 heterocycles. The Balaban J connectivity index is 2.56. The first kappa shape index (κ1) is 14.8. The van der Waals surface area contributed by atoms with Crippen LogP contribution >= 0.6 is 0 Å². The van der Waals surface area contributed by atoms with Gasteiger partial charge in [0.15, 0.2) is 0 Å². The fourth-order valence-electron chi connectivity index (χ4n) is 2.30. The first-order valence-corrected chi connectivity index (χ1v) is 6.53. The van der Waals surface area contributed by atoms with Gasteiger partial charge in [-0.05, 0) is 6.07 Å². The molecule has 0 spiro atoms. The molecule has 0 saturated carbocycles. The van der Waals surface area contributed by atoms with Gasteiger partial charge in [0.1, 0.15) is 0 Å². The lowest BCUT2D eigenvalue weighted by Gasteiger charge is -2.24. The number of fused-ring (bicyclic) bond motifs is 1. The predicted molar refractivity (Wildman–Crippen MR) is 80.3 cm³/mol. The standard InChI is InChI=1S/C15H17N3O3/c1-9(15(20)21)8-18(2)13-10-5-3-4-6-12(10)17-7-11(13)14(16)19/h3-7,9H,8H2,1-2H3,(H2,16,19)(H,20,21). The molecular formula is C15H17N3O3. The van der Waals surface area contributed by atoms with E-state index in [9.17, 15) is 9.59 Å². The Morgan fingerprint density at radius 3 is 2.67 bits per heavy atom. The van der Waals surface area contributed by atoms with Crippen molar-refractivity contribution in [3.63, 3.8) is 0 Å². The number of rotatable bonds is 5. The molecule has 1 amide bonds. The molecule has 21 heavy (non-hydrogen) atoms. The molecule has 0 fully saturated rings. The Bertz CT molecular complexity index is 700. The van der Waals surface area contributed by atoms with Crippen molar-refractivity contribution in [3.05, 3.63) is 36.0 Å². The summed E-state index contributed by atoms with van der Waals surface area (Å²) in [5.41, 5.74) is 7.04. The van der Waals surface area contributed by atoms with Crippen molar-refractivity contribution < 1.29 is 14.7 Å². The monoisotopic (exact) mass is 287 g/mol. The van der Waals surface area contributed by atoms with Gasteiger partial charge in [0.2, 0.25) is 0 Å². The fraction of sp³-hybridized carbons (Fsp3) is 0.267. The number of nitrogens with two attached hydrogens (primary N) is 1. The Morgan fingerprint density at radius 1 is 1.38 bits per heavy atom. The van der Waals surface area contributed by atoms with Crippen molar-refractivity contribution >= 4 is 28.5 Å². The van der Waals surface area contributed by atoms with Crippen LogP contribution in [0.15, 0.2) is 30.5 Å². The lowest BCUT2D eigenvalue weighted by atomic mass is 10.1. The van der Waals surface area contributed by atoms with E-state index in [1.54, 1.807) is 18.9 Å². The first-order valence-electron chi connectivity index (χ1n) is 6.53. The third-order valence-electron chi connectivity index (χ3n) is 3.36. The molecule has 3 N–H and O–H groups in total. The number of amides is 1. The molecule has 0 aliphatic heterocycles. The summed E-state index contributed by atoms with van der Waals surface area (Å²) in [7, 11) is 1.74. The highest BCUT2D eigenvalue weighted by Gasteiger charge is 2.20. The Morgan fingerprint density at radius 2 is 2.05 bits per heavy atom. The number of para-hydroxylation sites is 1. The molecule has 1 unspecified atom stereocenters. The lowest BCUT2D eigenvalue weighted by Crippen LogP contribution is -2.30. The van der Waals surface area contributed by atoms with Gasteiger partial charge in [-0.3, -0.25) is 14.6 Å². The van der Waals surface area contributed by atoms with Crippen LogP contribution in [0.25, 0.3) is 10.9 Å². The summed E-state index contributed by atoms with van der Waals surface area (Å²) in [6.07, 6.45) is 1.43. The molecule has 2 aromatic rings. The van der Waals surface area contributed by atoms with Crippen molar-refractivity contribution in [3.8, 4) is 0 Å². The van der Waals surface area contributed by atoms with Gasteiger partial charge in [-0.1, -0.05) is 25.1 Å². The summed E-state index contributed by atoms with van der Waals surface area (Å²) < 4.78 is 0. The fourth-order valence-corrected chi connectivity index (χ4v) is 2.30. The summed E-state index contributed by atoms with van der Waals surface area (Å²) in [5, 5.41) is 9.81. The quantitative estimate of drug-likeness (QED) is 0.868. The molecule has 6 nitrogen and oxygen atoms in total. The van der Waals surface area contributed by atoms with Gasteiger partial charge in [-0.25, -0.2) is 0 Å². The second kappa shape index (κ2) is 5.78. The highest BCUT2D eigenvalue weighted by molar-refractivity contribution is 6.06. The van der Waals surface area contributed by atoms with Crippen LogP contribution in [-0.4, -0.2) is 35.6 Å².